The Morgan fingerprint density at radius 1 is 1.22 bits per heavy atom. The van der Waals surface area contributed by atoms with Gasteiger partial charge in [-0.1, -0.05) is 29.8 Å². The summed E-state index contributed by atoms with van der Waals surface area (Å²) in [5, 5.41) is 3.06. The van der Waals surface area contributed by atoms with E-state index in [-0.39, 0.29) is 16.6 Å². The van der Waals surface area contributed by atoms with Crippen LogP contribution in [0.15, 0.2) is 42.5 Å². The minimum Gasteiger partial charge on any atom is -0.371 e. The minimum absolute atomic E-state index is 0.182. The van der Waals surface area contributed by atoms with Crippen LogP contribution < -0.4 is 14.9 Å². The van der Waals surface area contributed by atoms with Gasteiger partial charge in [0.2, 0.25) is 10.0 Å². The first kappa shape index (κ1) is 19.5. The average Bonchev–Trinajstić information content (AvgIpc) is 3.02. The quantitative estimate of drug-likeness (QED) is 0.692. The molecule has 6 nitrogen and oxygen atoms in total. The summed E-state index contributed by atoms with van der Waals surface area (Å²) in [6.45, 7) is 2.45. The maximum Gasteiger partial charge on any atom is 0.251 e. The molecule has 2 aromatic carbocycles. The summed E-state index contributed by atoms with van der Waals surface area (Å²) in [7, 11) is -3.42. The highest BCUT2D eigenvalue weighted by molar-refractivity contribution is 7.92. The molecular weight excluding hydrogens is 386 g/mol. The maximum absolute atomic E-state index is 12.3. The molecule has 27 heavy (non-hydrogen) atoms. The van der Waals surface area contributed by atoms with Gasteiger partial charge in [-0.25, -0.2) is 8.42 Å². The lowest BCUT2D eigenvalue weighted by Gasteiger charge is -2.19. The van der Waals surface area contributed by atoms with Crippen molar-refractivity contribution in [3.05, 3.63) is 58.6 Å². The fourth-order valence-corrected chi connectivity index (χ4v) is 4.01. The number of fused-ring (bicyclic) bond motifs is 1. The van der Waals surface area contributed by atoms with Crippen LogP contribution in [0.4, 0.5) is 11.4 Å². The molecule has 0 radical (unpaired) electrons. The number of carbonyl (C=O) groups excluding carboxylic acids is 1. The molecule has 0 saturated carbocycles. The van der Waals surface area contributed by atoms with Crippen molar-refractivity contribution >= 4 is 38.9 Å². The molecular formula is C19H22ClN3O3S. The SMILES string of the molecule is CS(=O)(=O)Nc1ccc(C(=O)NCCCN2CCc3ccccc32)cc1Cl. The number of nitrogens with one attached hydrogen (secondary N) is 2. The zero-order valence-corrected chi connectivity index (χ0v) is 16.6. The number of anilines is 2. The Labute approximate surface area is 164 Å². The van der Waals surface area contributed by atoms with E-state index in [0.717, 1.165) is 32.2 Å². The average molecular weight is 408 g/mol. The summed E-state index contributed by atoms with van der Waals surface area (Å²) in [5.41, 5.74) is 3.30. The Kier molecular flexibility index (Phi) is 5.92. The fourth-order valence-electron chi connectivity index (χ4n) is 3.15. The second-order valence-corrected chi connectivity index (χ2v) is 8.70. The number of amides is 1. The monoisotopic (exact) mass is 407 g/mol. The van der Waals surface area contributed by atoms with E-state index >= 15 is 0 Å². The molecule has 144 valence electrons. The van der Waals surface area contributed by atoms with Gasteiger partial charge in [-0.3, -0.25) is 9.52 Å². The standard InChI is InChI=1S/C19H22ClN3O3S/c1-27(25,26)22-17-8-7-15(13-16(17)20)19(24)21-10-4-11-23-12-9-14-5-2-3-6-18(14)23/h2-3,5-8,13,22H,4,9-12H2,1H3,(H,21,24). The van der Waals surface area contributed by atoms with Crippen LogP contribution in [0, 0.1) is 0 Å². The van der Waals surface area contributed by atoms with Crippen molar-refractivity contribution in [1.29, 1.82) is 0 Å². The molecule has 1 amide bonds. The molecule has 0 aliphatic carbocycles. The van der Waals surface area contributed by atoms with Crippen molar-refractivity contribution in [2.24, 2.45) is 0 Å². The van der Waals surface area contributed by atoms with Gasteiger partial charge in [-0.2, -0.15) is 0 Å². The summed E-state index contributed by atoms with van der Waals surface area (Å²) < 4.78 is 24.9. The Morgan fingerprint density at radius 2 is 2.00 bits per heavy atom. The largest absolute Gasteiger partial charge is 0.371 e. The summed E-state index contributed by atoms with van der Waals surface area (Å²) in [6.07, 6.45) is 2.94. The summed E-state index contributed by atoms with van der Waals surface area (Å²) in [6, 6.07) is 12.9. The van der Waals surface area contributed by atoms with Gasteiger partial charge in [0.1, 0.15) is 0 Å². The van der Waals surface area contributed by atoms with E-state index in [0.29, 0.717) is 12.1 Å². The predicted octanol–water partition coefficient (Wildman–Crippen LogP) is 2.89. The first-order chi connectivity index (χ1) is 12.8. The molecule has 0 fully saturated rings. The van der Waals surface area contributed by atoms with E-state index in [4.69, 9.17) is 11.6 Å². The number of benzene rings is 2. The molecule has 2 aromatic rings. The second-order valence-electron chi connectivity index (χ2n) is 6.54. The minimum atomic E-state index is -3.42. The van der Waals surface area contributed by atoms with Crippen molar-refractivity contribution in [1.82, 2.24) is 5.32 Å². The first-order valence-electron chi connectivity index (χ1n) is 8.72. The zero-order valence-electron chi connectivity index (χ0n) is 15.0. The fraction of sp³-hybridized carbons (Fsp3) is 0.316. The lowest BCUT2D eigenvalue weighted by Crippen LogP contribution is -2.29. The number of nitrogens with zero attached hydrogens (tertiary/aromatic N) is 1. The molecule has 2 N–H and O–H groups in total. The van der Waals surface area contributed by atoms with Crippen LogP contribution in [0.25, 0.3) is 0 Å². The zero-order chi connectivity index (χ0) is 19.4. The van der Waals surface area contributed by atoms with Crippen LogP contribution >= 0.6 is 11.6 Å². The molecule has 0 unspecified atom stereocenters. The number of hydrogen-bond donors (Lipinski definition) is 2. The number of hydrogen-bond acceptors (Lipinski definition) is 4. The second kappa shape index (κ2) is 8.19. The van der Waals surface area contributed by atoms with Crippen molar-refractivity contribution in [2.75, 3.05) is 35.5 Å². The summed E-state index contributed by atoms with van der Waals surface area (Å²) in [4.78, 5) is 14.6. The van der Waals surface area contributed by atoms with Gasteiger partial charge in [0, 0.05) is 30.9 Å². The topological polar surface area (TPSA) is 78.5 Å². The van der Waals surface area contributed by atoms with E-state index < -0.39 is 10.0 Å². The first-order valence-corrected chi connectivity index (χ1v) is 11.0. The highest BCUT2D eigenvalue weighted by atomic mass is 35.5. The van der Waals surface area contributed by atoms with Crippen molar-refractivity contribution in [3.8, 4) is 0 Å². The van der Waals surface area contributed by atoms with Gasteiger partial charge in [0.15, 0.2) is 0 Å². The van der Waals surface area contributed by atoms with Gasteiger partial charge in [-0.15, -0.1) is 0 Å². The van der Waals surface area contributed by atoms with Gasteiger partial charge in [0.05, 0.1) is 17.0 Å². The molecule has 0 bridgehead atoms. The molecule has 1 aliphatic rings. The van der Waals surface area contributed by atoms with E-state index in [9.17, 15) is 13.2 Å². The van der Waals surface area contributed by atoms with Crippen molar-refractivity contribution in [3.63, 3.8) is 0 Å². The number of rotatable bonds is 7. The van der Waals surface area contributed by atoms with E-state index in [1.807, 2.05) is 6.07 Å². The molecule has 3 rings (SSSR count). The molecule has 8 heteroatoms. The predicted molar refractivity (Wildman–Crippen MR) is 109 cm³/mol. The Hall–Kier alpha value is -2.25. The van der Waals surface area contributed by atoms with Crippen LogP contribution in [-0.2, 0) is 16.4 Å². The molecule has 0 atom stereocenters. The van der Waals surface area contributed by atoms with Crippen molar-refractivity contribution < 1.29 is 13.2 Å². The summed E-state index contributed by atoms with van der Waals surface area (Å²) in [5.74, 6) is -0.232. The van der Waals surface area contributed by atoms with E-state index in [2.05, 4.69) is 33.1 Å². The Morgan fingerprint density at radius 3 is 2.74 bits per heavy atom. The molecule has 1 heterocycles. The van der Waals surface area contributed by atoms with E-state index in [1.165, 1.54) is 23.4 Å². The third-order valence-electron chi connectivity index (χ3n) is 4.40. The maximum atomic E-state index is 12.3. The highest BCUT2D eigenvalue weighted by Crippen LogP contribution is 2.27. The van der Waals surface area contributed by atoms with E-state index in [1.54, 1.807) is 6.07 Å². The van der Waals surface area contributed by atoms with Crippen LogP contribution in [0.5, 0.6) is 0 Å². The number of sulfonamides is 1. The van der Waals surface area contributed by atoms with Gasteiger partial charge in [-0.05, 0) is 42.7 Å². The Bertz CT molecular complexity index is 947. The Balaban J connectivity index is 1.49. The molecule has 0 spiro atoms. The van der Waals surface area contributed by atoms with Crippen LogP contribution in [-0.4, -0.2) is 40.2 Å². The van der Waals surface area contributed by atoms with Gasteiger partial charge >= 0.3 is 0 Å². The van der Waals surface area contributed by atoms with Crippen LogP contribution in [0.3, 0.4) is 0 Å². The van der Waals surface area contributed by atoms with Crippen LogP contribution in [0.1, 0.15) is 22.3 Å². The normalized spacial score (nSPS) is 13.3. The number of para-hydroxylation sites is 1. The third-order valence-corrected chi connectivity index (χ3v) is 5.30. The highest BCUT2D eigenvalue weighted by Gasteiger charge is 2.17. The third kappa shape index (κ3) is 5.14. The lowest BCUT2D eigenvalue weighted by atomic mass is 10.2. The smallest absolute Gasteiger partial charge is 0.251 e. The molecule has 0 aromatic heterocycles. The van der Waals surface area contributed by atoms with Crippen LogP contribution in [0.2, 0.25) is 5.02 Å². The van der Waals surface area contributed by atoms with Crippen molar-refractivity contribution in [2.45, 2.75) is 12.8 Å². The summed E-state index contributed by atoms with van der Waals surface area (Å²) >= 11 is 6.06. The lowest BCUT2D eigenvalue weighted by molar-refractivity contribution is 0.0953. The van der Waals surface area contributed by atoms with Gasteiger partial charge < -0.3 is 10.2 Å². The molecule has 0 saturated heterocycles. The van der Waals surface area contributed by atoms with Gasteiger partial charge in [0.25, 0.3) is 5.91 Å². The number of halogens is 1. The molecule has 1 aliphatic heterocycles. The number of carbonyl (C=O) groups is 1.